The summed E-state index contributed by atoms with van der Waals surface area (Å²) >= 11 is 0. The van der Waals surface area contributed by atoms with E-state index in [4.69, 9.17) is 0 Å². The number of amides is 2. The second-order valence-corrected chi connectivity index (χ2v) is 8.50. The van der Waals surface area contributed by atoms with Crippen molar-refractivity contribution in [1.82, 2.24) is 10.2 Å². The molecule has 3 aliphatic rings. The van der Waals surface area contributed by atoms with Crippen molar-refractivity contribution in [2.24, 2.45) is 11.8 Å². The van der Waals surface area contributed by atoms with Gasteiger partial charge in [0.25, 0.3) is 5.91 Å². The maximum Gasteiger partial charge on any atom is 0.306 e. The average Bonchev–Trinajstić information content (AvgIpc) is 3.33. The van der Waals surface area contributed by atoms with E-state index in [2.05, 4.69) is 5.32 Å². The summed E-state index contributed by atoms with van der Waals surface area (Å²) in [5.41, 5.74) is 0.623. The summed E-state index contributed by atoms with van der Waals surface area (Å²) in [5, 5.41) is 12.2. The fourth-order valence-electron chi connectivity index (χ4n) is 5.35. The molecule has 2 saturated carbocycles. The average molecular weight is 384 g/mol. The molecule has 3 unspecified atom stereocenters. The Balaban J connectivity index is 1.51. The van der Waals surface area contributed by atoms with Crippen LogP contribution in [-0.4, -0.2) is 45.9 Å². The second kappa shape index (κ2) is 7.94. The van der Waals surface area contributed by atoms with Crippen molar-refractivity contribution in [2.45, 2.75) is 69.5 Å². The van der Waals surface area contributed by atoms with Gasteiger partial charge in [0.1, 0.15) is 6.04 Å². The lowest BCUT2D eigenvalue weighted by Crippen LogP contribution is -2.51. The van der Waals surface area contributed by atoms with Crippen LogP contribution in [-0.2, 0) is 9.59 Å². The zero-order valence-electron chi connectivity index (χ0n) is 16.0. The van der Waals surface area contributed by atoms with Gasteiger partial charge < -0.3 is 15.3 Å². The molecule has 28 heavy (non-hydrogen) atoms. The molecule has 1 aromatic carbocycles. The van der Waals surface area contributed by atoms with E-state index in [0.29, 0.717) is 37.2 Å². The lowest BCUT2D eigenvalue weighted by molar-refractivity contribution is -0.141. The van der Waals surface area contributed by atoms with Gasteiger partial charge in [-0.2, -0.15) is 0 Å². The van der Waals surface area contributed by atoms with Crippen LogP contribution >= 0.6 is 0 Å². The molecule has 0 radical (unpaired) electrons. The van der Waals surface area contributed by atoms with Gasteiger partial charge in [-0.1, -0.05) is 31.0 Å². The highest BCUT2D eigenvalue weighted by Crippen LogP contribution is 2.40. The van der Waals surface area contributed by atoms with Gasteiger partial charge in [-0.3, -0.25) is 14.4 Å². The normalized spacial score (nSPS) is 32.0. The molecule has 3 fully saturated rings. The van der Waals surface area contributed by atoms with Crippen molar-refractivity contribution in [3.05, 3.63) is 35.9 Å². The third kappa shape index (κ3) is 3.64. The van der Waals surface area contributed by atoms with E-state index < -0.39 is 12.0 Å². The van der Waals surface area contributed by atoms with Crippen molar-refractivity contribution in [1.29, 1.82) is 0 Å². The fraction of sp³-hybridized carbons (Fsp3) is 0.591. The Bertz CT molecular complexity index is 750. The Hall–Kier alpha value is -2.37. The maximum atomic E-state index is 13.3. The van der Waals surface area contributed by atoms with Gasteiger partial charge in [0, 0.05) is 17.6 Å². The number of likely N-dealkylation sites (tertiary alicyclic amines) is 1. The number of benzene rings is 1. The molecule has 1 heterocycles. The predicted molar refractivity (Wildman–Crippen MR) is 104 cm³/mol. The summed E-state index contributed by atoms with van der Waals surface area (Å²) in [4.78, 5) is 39.4. The monoisotopic (exact) mass is 384 g/mol. The lowest BCUT2D eigenvalue weighted by Gasteiger charge is -2.34. The molecule has 150 valence electrons. The number of carbonyl (C=O) groups is 3. The first-order valence-electron chi connectivity index (χ1n) is 10.5. The number of rotatable bonds is 4. The highest BCUT2D eigenvalue weighted by atomic mass is 16.4. The zero-order valence-corrected chi connectivity index (χ0v) is 16.0. The fourth-order valence-corrected chi connectivity index (χ4v) is 5.35. The minimum absolute atomic E-state index is 0.0648. The summed E-state index contributed by atoms with van der Waals surface area (Å²) in [7, 11) is 0. The Kier molecular flexibility index (Phi) is 5.38. The molecule has 1 saturated heterocycles. The summed E-state index contributed by atoms with van der Waals surface area (Å²) < 4.78 is 0. The van der Waals surface area contributed by atoms with Crippen molar-refractivity contribution in [2.75, 3.05) is 0 Å². The predicted octanol–water partition coefficient (Wildman–Crippen LogP) is 2.83. The maximum absolute atomic E-state index is 13.3. The summed E-state index contributed by atoms with van der Waals surface area (Å²) in [6, 6.07) is 8.77. The number of nitrogens with one attached hydrogen (secondary N) is 1. The van der Waals surface area contributed by atoms with E-state index in [1.807, 2.05) is 35.2 Å². The van der Waals surface area contributed by atoms with E-state index >= 15 is 0 Å². The molecule has 1 aliphatic heterocycles. The van der Waals surface area contributed by atoms with Gasteiger partial charge in [-0.25, -0.2) is 0 Å². The Morgan fingerprint density at radius 3 is 2.43 bits per heavy atom. The minimum atomic E-state index is -0.787. The molecule has 0 spiro atoms. The number of nitrogens with zero attached hydrogens (tertiary/aromatic N) is 1. The first-order chi connectivity index (χ1) is 13.5. The summed E-state index contributed by atoms with van der Waals surface area (Å²) in [5.74, 6) is -0.963. The van der Waals surface area contributed by atoms with E-state index in [1.165, 1.54) is 0 Å². The smallest absolute Gasteiger partial charge is 0.306 e. The number of hydrogen-bond acceptors (Lipinski definition) is 3. The van der Waals surface area contributed by atoms with Gasteiger partial charge in [-0.15, -0.1) is 0 Å². The molecule has 1 aromatic rings. The second-order valence-electron chi connectivity index (χ2n) is 8.50. The quantitative estimate of drug-likeness (QED) is 0.836. The third-order valence-electron chi connectivity index (χ3n) is 6.77. The molecule has 4 rings (SSSR count). The van der Waals surface area contributed by atoms with Gasteiger partial charge in [-0.05, 0) is 56.6 Å². The van der Waals surface area contributed by atoms with Crippen LogP contribution in [0.15, 0.2) is 30.3 Å². The highest BCUT2D eigenvalue weighted by molar-refractivity contribution is 5.98. The highest BCUT2D eigenvalue weighted by Gasteiger charge is 2.48. The van der Waals surface area contributed by atoms with Crippen LogP contribution in [0.2, 0.25) is 0 Å². The van der Waals surface area contributed by atoms with Gasteiger partial charge in [0.15, 0.2) is 0 Å². The minimum Gasteiger partial charge on any atom is -0.481 e. The largest absolute Gasteiger partial charge is 0.481 e. The molecule has 2 amide bonds. The van der Waals surface area contributed by atoms with Crippen LogP contribution < -0.4 is 5.32 Å². The van der Waals surface area contributed by atoms with Crippen LogP contribution in [0.1, 0.15) is 61.7 Å². The molecular weight excluding hydrogens is 356 g/mol. The molecule has 6 heteroatoms. The van der Waals surface area contributed by atoms with Gasteiger partial charge >= 0.3 is 5.97 Å². The van der Waals surface area contributed by atoms with Gasteiger partial charge in [0.2, 0.25) is 5.91 Å². The number of hydrogen-bond donors (Lipinski definition) is 2. The van der Waals surface area contributed by atoms with Crippen LogP contribution in [0.4, 0.5) is 0 Å². The molecule has 2 aliphatic carbocycles. The molecule has 6 nitrogen and oxygen atoms in total. The summed E-state index contributed by atoms with van der Waals surface area (Å²) in [6.45, 7) is 0. The number of carbonyl (C=O) groups excluding carboxylic acids is 2. The molecule has 5 atom stereocenters. The van der Waals surface area contributed by atoms with Crippen LogP contribution in [0.5, 0.6) is 0 Å². The Morgan fingerprint density at radius 1 is 0.964 bits per heavy atom. The van der Waals surface area contributed by atoms with Crippen molar-refractivity contribution in [3.63, 3.8) is 0 Å². The third-order valence-corrected chi connectivity index (χ3v) is 6.77. The Morgan fingerprint density at radius 2 is 1.71 bits per heavy atom. The van der Waals surface area contributed by atoms with E-state index in [1.54, 1.807) is 0 Å². The number of carboxylic acids is 1. The number of carboxylic acid groups (broad SMARTS) is 1. The molecule has 0 aromatic heterocycles. The Labute approximate surface area is 165 Å². The molecule has 0 bridgehead atoms. The van der Waals surface area contributed by atoms with Crippen LogP contribution in [0.25, 0.3) is 0 Å². The van der Waals surface area contributed by atoms with E-state index in [9.17, 15) is 19.5 Å². The topological polar surface area (TPSA) is 86.7 Å². The van der Waals surface area contributed by atoms with Gasteiger partial charge in [0.05, 0.1) is 5.92 Å². The number of fused-ring (bicyclic) bond motifs is 1. The van der Waals surface area contributed by atoms with Crippen LogP contribution in [0, 0.1) is 11.8 Å². The van der Waals surface area contributed by atoms with Crippen molar-refractivity contribution in [3.8, 4) is 0 Å². The zero-order chi connectivity index (χ0) is 19.7. The number of aliphatic carboxylic acids is 1. The van der Waals surface area contributed by atoms with E-state index in [0.717, 1.165) is 25.7 Å². The molecular formula is C22H28N2O4. The molecule has 2 N–H and O–H groups in total. The lowest BCUT2D eigenvalue weighted by atomic mass is 9.84. The summed E-state index contributed by atoms with van der Waals surface area (Å²) in [6.07, 6.45) is 6.76. The van der Waals surface area contributed by atoms with Crippen molar-refractivity contribution < 1.29 is 19.5 Å². The SMILES string of the molecule is O=C(N[C@@H]1CC[C@H](C(=O)O)C1)C1CC2CCCCC2N1C(=O)c1ccccc1. The van der Waals surface area contributed by atoms with E-state index in [-0.39, 0.29) is 29.8 Å². The standard InChI is InChI=1S/C22H28N2O4/c25-20(23-17-11-10-16(12-17)22(27)28)19-13-15-8-4-5-9-18(15)24(19)21(26)14-6-2-1-3-7-14/h1-3,6-7,15-19H,4-5,8-13H2,(H,23,25)(H,27,28)/t15?,16-,17+,18?,19?/m0/s1. The first-order valence-corrected chi connectivity index (χ1v) is 10.5. The first kappa shape index (κ1) is 19.0. The van der Waals surface area contributed by atoms with Crippen LogP contribution in [0.3, 0.4) is 0 Å². The van der Waals surface area contributed by atoms with Crippen molar-refractivity contribution >= 4 is 17.8 Å².